The Bertz CT molecular complexity index is 1740. The number of fused-ring (bicyclic) bond motifs is 1. The van der Waals surface area contributed by atoms with Crippen LogP contribution in [-0.4, -0.2) is 124 Å². The molecule has 1 aromatic carbocycles. The number of aliphatic carboxylic acids is 1. The first-order chi connectivity index (χ1) is 27.2. The molecule has 18 nitrogen and oxygen atoms in total. The zero-order valence-corrected chi connectivity index (χ0v) is 33.1. The number of aliphatic imine (C=N–C) groups is 1. The Kier molecular flexibility index (Phi) is 16.7. The highest BCUT2D eigenvalue weighted by molar-refractivity contribution is 5.97. The third-order valence-electron chi connectivity index (χ3n) is 10.6. The number of carbonyl (C=O) groups excluding carboxylic acids is 5. The molecule has 1 aromatic heterocycles. The van der Waals surface area contributed by atoms with Crippen molar-refractivity contribution < 1.29 is 33.9 Å². The number of para-hydroxylation sites is 1. The Hall–Kier alpha value is -5.23. The second-order valence-electron chi connectivity index (χ2n) is 15.4. The number of H-pyrrole nitrogens is 1. The van der Waals surface area contributed by atoms with Gasteiger partial charge in [0.15, 0.2) is 5.96 Å². The molecule has 0 bridgehead atoms. The second-order valence-corrected chi connectivity index (χ2v) is 15.4. The zero-order valence-electron chi connectivity index (χ0n) is 33.1. The minimum Gasteiger partial charge on any atom is -0.480 e. The highest BCUT2D eigenvalue weighted by Gasteiger charge is 2.41. The van der Waals surface area contributed by atoms with E-state index >= 15 is 0 Å². The topological polar surface area (TPSA) is 297 Å². The molecule has 0 radical (unpaired) electrons. The van der Waals surface area contributed by atoms with Crippen molar-refractivity contribution in [2.75, 3.05) is 26.2 Å². The number of carbonyl (C=O) groups is 6. The normalized spacial score (nSPS) is 18.8. The number of guanidine groups is 1. The van der Waals surface area contributed by atoms with Crippen molar-refractivity contribution in [3.63, 3.8) is 0 Å². The van der Waals surface area contributed by atoms with Crippen LogP contribution in [0.5, 0.6) is 0 Å². The molecule has 2 fully saturated rings. The summed E-state index contributed by atoms with van der Waals surface area (Å²) < 4.78 is 0. The van der Waals surface area contributed by atoms with Gasteiger partial charge in [-0.2, -0.15) is 0 Å². The minimum absolute atomic E-state index is 0.0227. The fourth-order valence-corrected chi connectivity index (χ4v) is 7.64. The highest BCUT2D eigenvalue weighted by Crippen LogP contribution is 2.23. The van der Waals surface area contributed by atoms with E-state index in [1.165, 1.54) is 9.80 Å². The smallest absolute Gasteiger partial charge is 0.326 e. The molecule has 5 amide bonds. The Balaban J connectivity index is 1.44. The predicted octanol–water partition coefficient (Wildman–Crippen LogP) is -0.213. The van der Waals surface area contributed by atoms with Gasteiger partial charge in [0.2, 0.25) is 29.5 Å². The van der Waals surface area contributed by atoms with Gasteiger partial charge in [-0.25, -0.2) is 4.79 Å². The molecule has 3 heterocycles. The van der Waals surface area contributed by atoms with Crippen molar-refractivity contribution in [2.45, 2.75) is 121 Å². The molecule has 4 rings (SSSR count). The molecular weight excluding hydrogens is 734 g/mol. The molecule has 2 aliphatic heterocycles. The molecule has 13 N–H and O–H groups in total. The summed E-state index contributed by atoms with van der Waals surface area (Å²) in [7, 11) is 0. The van der Waals surface area contributed by atoms with E-state index < -0.39 is 65.8 Å². The number of unbranched alkanes of at least 4 members (excludes halogenated alkanes) is 1. The fourth-order valence-electron chi connectivity index (χ4n) is 7.64. The van der Waals surface area contributed by atoms with Crippen LogP contribution in [0.25, 0.3) is 10.9 Å². The maximum atomic E-state index is 14.2. The quantitative estimate of drug-likeness (QED) is 0.0452. The lowest BCUT2D eigenvalue weighted by atomic mass is 10.0. The minimum atomic E-state index is -1.24. The van der Waals surface area contributed by atoms with Crippen LogP contribution in [0.1, 0.15) is 83.6 Å². The zero-order chi connectivity index (χ0) is 41.6. The third-order valence-corrected chi connectivity index (χ3v) is 10.6. The molecule has 2 saturated heterocycles. The van der Waals surface area contributed by atoms with Gasteiger partial charge >= 0.3 is 5.97 Å². The van der Waals surface area contributed by atoms with Gasteiger partial charge in [0.1, 0.15) is 30.2 Å². The maximum Gasteiger partial charge on any atom is 0.326 e. The Morgan fingerprint density at radius 2 is 1.49 bits per heavy atom. The summed E-state index contributed by atoms with van der Waals surface area (Å²) in [5.41, 5.74) is 24.3. The summed E-state index contributed by atoms with van der Waals surface area (Å²) in [6, 6.07) is 1.56. The number of likely N-dealkylation sites (tertiary alicyclic amines) is 2. The first-order valence-corrected chi connectivity index (χ1v) is 20.0. The van der Waals surface area contributed by atoms with Gasteiger partial charge in [0.05, 0.1) is 6.04 Å². The Morgan fingerprint density at radius 3 is 2.11 bits per heavy atom. The summed E-state index contributed by atoms with van der Waals surface area (Å²) in [5, 5.41) is 19.3. The lowest BCUT2D eigenvalue weighted by molar-refractivity contribution is -0.145. The van der Waals surface area contributed by atoms with E-state index in [1.807, 2.05) is 38.1 Å². The van der Waals surface area contributed by atoms with Gasteiger partial charge in [0, 0.05) is 43.2 Å². The van der Waals surface area contributed by atoms with Crippen molar-refractivity contribution in [3.05, 3.63) is 36.0 Å². The summed E-state index contributed by atoms with van der Waals surface area (Å²) >= 11 is 0. The average Bonchev–Trinajstić information content (AvgIpc) is 3.95. The van der Waals surface area contributed by atoms with E-state index in [0.717, 1.165) is 16.5 Å². The van der Waals surface area contributed by atoms with Crippen LogP contribution in [0.3, 0.4) is 0 Å². The summed E-state index contributed by atoms with van der Waals surface area (Å²) in [4.78, 5) is 91.1. The Labute approximate surface area is 333 Å². The van der Waals surface area contributed by atoms with Gasteiger partial charge in [0.25, 0.3) is 0 Å². The molecule has 2 aromatic rings. The summed E-state index contributed by atoms with van der Waals surface area (Å²) in [5.74, 6) is -3.77. The monoisotopic (exact) mass is 795 g/mol. The van der Waals surface area contributed by atoms with E-state index in [2.05, 4.69) is 25.9 Å². The van der Waals surface area contributed by atoms with E-state index in [0.29, 0.717) is 71.0 Å². The predicted molar refractivity (Wildman–Crippen MR) is 215 cm³/mol. The largest absolute Gasteiger partial charge is 0.480 e. The summed E-state index contributed by atoms with van der Waals surface area (Å²) in [6.45, 7) is 5.09. The number of carboxylic acids is 1. The van der Waals surface area contributed by atoms with E-state index in [1.54, 1.807) is 6.20 Å². The van der Waals surface area contributed by atoms with Crippen LogP contribution in [-0.2, 0) is 35.2 Å². The van der Waals surface area contributed by atoms with Gasteiger partial charge in [-0.1, -0.05) is 32.0 Å². The number of hydrogen-bond donors (Lipinski definition) is 9. The van der Waals surface area contributed by atoms with Crippen molar-refractivity contribution in [2.24, 2.45) is 33.8 Å². The van der Waals surface area contributed by atoms with Crippen LogP contribution in [0.2, 0.25) is 0 Å². The molecule has 314 valence electrons. The number of carboxylic acid groups (broad SMARTS) is 1. The van der Waals surface area contributed by atoms with Crippen molar-refractivity contribution >= 4 is 52.4 Å². The number of nitrogens with two attached hydrogens (primary N) is 4. The van der Waals surface area contributed by atoms with Crippen LogP contribution in [0.4, 0.5) is 0 Å². The maximum absolute atomic E-state index is 14.2. The standard InChI is InChI=1S/C39H61N11O7/c1-23(2)20-29(47-34(52)31-14-8-18-49(31)36(54)26(41)11-7-17-44-39(42)43)33(51)46-28(13-5-6-16-40)37(55)50-19-9-15-32(50)35(53)48-30(38(56)57)21-24-22-45-27-12-4-3-10-25(24)27/h3-4,10,12,22-23,26,28-32,45H,5-9,11,13-21,40-41H2,1-2H3,(H,46,51)(H,47,52)(H,48,53)(H,56,57)(H4,42,43,44). The van der Waals surface area contributed by atoms with Crippen LogP contribution >= 0.6 is 0 Å². The molecule has 18 heteroatoms. The number of nitrogens with one attached hydrogen (secondary N) is 4. The molecular formula is C39H61N11O7. The number of aromatic amines is 1. The second kappa shape index (κ2) is 21.3. The number of nitrogens with zero attached hydrogens (tertiary/aromatic N) is 3. The molecule has 0 aliphatic carbocycles. The van der Waals surface area contributed by atoms with Crippen LogP contribution < -0.4 is 38.9 Å². The van der Waals surface area contributed by atoms with E-state index in [9.17, 15) is 33.9 Å². The Morgan fingerprint density at radius 1 is 0.860 bits per heavy atom. The van der Waals surface area contributed by atoms with Gasteiger partial charge in [-0.3, -0.25) is 29.0 Å². The van der Waals surface area contributed by atoms with Crippen molar-refractivity contribution in [1.29, 1.82) is 0 Å². The SMILES string of the molecule is CC(C)CC(NC(=O)C1CCCN1C(=O)C(N)CCCN=C(N)N)C(=O)NC(CCCCN)C(=O)N1CCCC1C(=O)NC(Cc1c[nH]c2ccccc12)C(=O)O. The number of benzene rings is 1. The molecule has 0 spiro atoms. The van der Waals surface area contributed by atoms with Crippen molar-refractivity contribution in [3.8, 4) is 0 Å². The fraction of sp³-hybridized carbons (Fsp3) is 0.615. The molecule has 2 aliphatic rings. The molecule has 6 unspecified atom stereocenters. The number of hydrogen-bond acceptors (Lipinski definition) is 9. The first-order valence-electron chi connectivity index (χ1n) is 20.0. The number of aromatic nitrogens is 1. The van der Waals surface area contributed by atoms with Gasteiger partial charge in [-0.15, -0.1) is 0 Å². The van der Waals surface area contributed by atoms with Gasteiger partial charge in [-0.05, 0) is 88.3 Å². The molecule has 57 heavy (non-hydrogen) atoms. The van der Waals surface area contributed by atoms with E-state index in [4.69, 9.17) is 22.9 Å². The van der Waals surface area contributed by atoms with Gasteiger partial charge < -0.3 is 58.8 Å². The third kappa shape index (κ3) is 12.4. The number of amides is 5. The first kappa shape index (κ1) is 44.5. The number of rotatable bonds is 21. The lowest BCUT2D eigenvalue weighted by Crippen LogP contribution is -2.59. The lowest BCUT2D eigenvalue weighted by Gasteiger charge is -2.31. The highest BCUT2D eigenvalue weighted by atomic mass is 16.4. The van der Waals surface area contributed by atoms with E-state index in [-0.39, 0.29) is 43.6 Å². The van der Waals surface area contributed by atoms with Crippen LogP contribution in [0.15, 0.2) is 35.5 Å². The van der Waals surface area contributed by atoms with Crippen molar-refractivity contribution in [1.82, 2.24) is 30.7 Å². The van der Waals surface area contributed by atoms with Crippen LogP contribution in [0, 0.1) is 5.92 Å². The molecule has 0 saturated carbocycles. The average molecular weight is 796 g/mol. The summed E-state index contributed by atoms with van der Waals surface area (Å²) in [6.07, 6.45) is 5.97. The molecule has 6 atom stereocenters.